The molecule has 4 amide bonds. The van der Waals surface area contributed by atoms with Crippen LogP contribution in [-0.2, 0) is 32.3 Å². The van der Waals surface area contributed by atoms with Crippen molar-refractivity contribution in [1.29, 1.82) is 0 Å². The minimum Gasteiger partial charge on any atom is -0.278 e. The van der Waals surface area contributed by atoms with Gasteiger partial charge in [-0.2, -0.15) is 0 Å². The van der Waals surface area contributed by atoms with Crippen molar-refractivity contribution in [2.75, 3.05) is 0 Å². The lowest BCUT2D eigenvalue weighted by Crippen LogP contribution is -2.29. The van der Waals surface area contributed by atoms with Crippen molar-refractivity contribution >= 4 is 23.6 Å². The molecule has 22 heavy (non-hydrogen) atoms. The highest BCUT2D eigenvalue weighted by Gasteiger charge is 2.29. The van der Waals surface area contributed by atoms with E-state index in [9.17, 15) is 19.2 Å². The Balaban J connectivity index is 1.65. The predicted octanol–water partition coefficient (Wildman–Crippen LogP) is 0.985. The molecule has 3 rings (SSSR count). The molecule has 6 nitrogen and oxygen atoms in total. The number of benzene rings is 1. The van der Waals surface area contributed by atoms with Crippen LogP contribution in [0.1, 0.15) is 36.8 Å². The van der Waals surface area contributed by atoms with Crippen molar-refractivity contribution in [2.24, 2.45) is 0 Å². The predicted molar refractivity (Wildman–Crippen MR) is 76.0 cm³/mol. The molecule has 0 bridgehead atoms. The van der Waals surface area contributed by atoms with Gasteiger partial charge in [-0.05, 0) is 11.1 Å². The zero-order valence-electron chi connectivity index (χ0n) is 12.1. The van der Waals surface area contributed by atoms with Gasteiger partial charge in [-0.1, -0.05) is 24.3 Å². The van der Waals surface area contributed by atoms with E-state index in [-0.39, 0.29) is 62.4 Å². The van der Waals surface area contributed by atoms with Crippen LogP contribution >= 0.6 is 0 Å². The Bertz CT molecular complexity index is 562. The first kappa shape index (κ1) is 14.4. The van der Waals surface area contributed by atoms with Gasteiger partial charge in [-0.15, -0.1) is 0 Å². The normalized spacial score (nSPS) is 18.7. The lowest BCUT2D eigenvalue weighted by molar-refractivity contribution is -0.140. The van der Waals surface area contributed by atoms with Crippen LogP contribution in [0.4, 0.5) is 0 Å². The molecule has 1 aromatic carbocycles. The van der Waals surface area contributed by atoms with Crippen molar-refractivity contribution in [2.45, 2.75) is 38.8 Å². The third-order valence-corrected chi connectivity index (χ3v) is 4.01. The summed E-state index contributed by atoms with van der Waals surface area (Å²) in [6, 6.07) is 7.27. The van der Waals surface area contributed by atoms with E-state index in [0.717, 1.165) is 11.1 Å². The molecule has 0 N–H and O–H groups in total. The molecule has 114 valence electrons. The van der Waals surface area contributed by atoms with Crippen LogP contribution in [0, 0.1) is 0 Å². The van der Waals surface area contributed by atoms with Crippen molar-refractivity contribution in [3.05, 3.63) is 35.4 Å². The summed E-state index contributed by atoms with van der Waals surface area (Å²) in [5, 5.41) is 0. The highest BCUT2D eigenvalue weighted by molar-refractivity contribution is 6.02. The van der Waals surface area contributed by atoms with Crippen molar-refractivity contribution < 1.29 is 19.2 Å². The molecular formula is C16H16N2O4. The van der Waals surface area contributed by atoms with E-state index in [2.05, 4.69) is 0 Å². The highest BCUT2D eigenvalue weighted by atomic mass is 16.2. The number of carbonyl (C=O) groups excluding carboxylic acids is 4. The van der Waals surface area contributed by atoms with Gasteiger partial charge in [0.05, 0.1) is 13.1 Å². The second-order valence-corrected chi connectivity index (χ2v) is 5.56. The Hall–Kier alpha value is -2.50. The minimum atomic E-state index is -0.137. The van der Waals surface area contributed by atoms with Gasteiger partial charge < -0.3 is 0 Å². The summed E-state index contributed by atoms with van der Waals surface area (Å²) in [6.45, 7) is 0.555. The van der Waals surface area contributed by atoms with Crippen molar-refractivity contribution in [1.82, 2.24) is 9.80 Å². The second kappa shape index (κ2) is 5.71. The lowest BCUT2D eigenvalue weighted by atomic mass is 10.1. The molecule has 2 heterocycles. The van der Waals surface area contributed by atoms with Crippen LogP contribution in [0.25, 0.3) is 0 Å². The van der Waals surface area contributed by atoms with Crippen LogP contribution in [-0.4, -0.2) is 33.4 Å². The van der Waals surface area contributed by atoms with Gasteiger partial charge in [0.2, 0.25) is 23.6 Å². The largest absolute Gasteiger partial charge is 0.278 e. The average Bonchev–Trinajstić information content (AvgIpc) is 2.99. The Kier molecular flexibility index (Phi) is 3.75. The molecule has 2 saturated heterocycles. The molecule has 0 spiro atoms. The number of rotatable bonds is 4. The molecule has 0 atom stereocenters. The molecule has 0 radical (unpaired) electrons. The van der Waals surface area contributed by atoms with Crippen molar-refractivity contribution in [3.63, 3.8) is 0 Å². The fourth-order valence-electron chi connectivity index (χ4n) is 2.71. The number of carbonyl (C=O) groups is 4. The fourth-order valence-corrected chi connectivity index (χ4v) is 2.71. The fraction of sp³-hybridized carbons (Fsp3) is 0.375. The maximum atomic E-state index is 11.6. The third kappa shape index (κ3) is 2.77. The maximum absolute atomic E-state index is 11.6. The number of amides is 4. The quantitative estimate of drug-likeness (QED) is 0.777. The Morgan fingerprint density at radius 1 is 0.591 bits per heavy atom. The Morgan fingerprint density at radius 2 is 0.864 bits per heavy atom. The molecule has 6 heteroatoms. The third-order valence-electron chi connectivity index (χ3n) is 4.01. The Labute approximate surface area is 127 Å². The molecule has 0 saturated carbocycles. The van der Waals surface area contributed by atoms with Crippen LogP contribution in [0.5, 0.6) is 0 Å². The van der Waals surface area contributed by atoms with Gasteiger partial charge in [-0.25, -0.2) is 0 Å². The summed E-state index contributed by atoms with van der Waals surface area (Å²) in [5.41, 5.74) is 1.71. The molecule has 0 aliphatic carbocycles. The van der Waals surface area contributed by atoms with Gasteiger partial charge in [0.25, 0.3) is 0 Å². The summed E-state index contributed by atoms with van der Waals surface area (Å²) in [4.78, 5) is 48.9. The van der Waals surface area contributed by atoms with Crippen molar-refractivity contribution in [3.8, 4) is 0 Å². The van der Waals surface area contributed by atoms with Crippen LogP contribution < -0.4 is 0 Å². The van der Waals surface area contributed by atoms with Gasteiger partial charge in [0, 0.05) is 25.7 Å². The maximum Gasteiger partial charge on any atom is 0.229 e. The summed E-state index contributed by atoms with van der Waals surface area (Å²) >= 11 is 0. The minimum absolute atomic E-state index is 0.137. The lowest BCUT2D eigenvalue weighted by Gasteiger charge is -2.16. The first-order chi connectivity index (χ1) is 10.5. The van der Waals surface area contributed by atoms with Crippen LogP contribution in [0.3, 0.4) is 0 Å². The topological polar surface area (TPSA) is 74.8 Å². The zero-order chi connectivity index (χ0) is 15.7. The number of nitrogens with zero attached hydrogens (tertiary/aromatic N) is 2. The Morgan fingerprint density at radius 3 is 1.14 bits per heavy atom. The van der Waals surface area contributed by atoms with E-state index in [0.29, 0.717) is 0 Å². The standard InChI is InChI=1S/C16H16N2O4/c19-13-5-6-14(20)17(13)9-11-1-2-12(4-3-11)10-18-15(21)7-8-16(18)22/h1-4H,5-10H2. The van der Waals surface area contributed by atoms with E-state index < -0.39 is 0 Å². The van der Waals surface area contributed by atoms with Gasteiger partial charge in [-0.3, -0.25) is 29.0 Å². The molecule has 2 aliphatic heterocycles. The summed E-state index contributed by atoms with van der Waals surface area (Å²) in [5.74, 6) is -0.547. The molecule has 1 aromatic rings. The van der Waals surface area contributed by atoms with Crippen LogP contribution in [0.2, 0.25) is 0 Å². The van der Waals surface area contributed by atoms with E-state index in [4.69, 9.17) is 0 Å². The number of hydrogen-bond acceptors (Lipinski definition) is 4. The van der Waals surface area contributed by atoms with Gasteiger partial charge >= 0.3 is 0 Å². The highest BCUT2D eigenvalue weighted by Crippen LogP contribution is 2.18. The SMILES string of the molecule is O=C1CCC(=O)N1Cc1ccc(CN2C(=O)CCC2=O)cc1. The number of imide groups is 2. The summed E-state index contributed by atoms with van der Waals surface area (Å²) in [7, 11) is 0. The first-order valence-electron chi connectivity index (χ1n) is 7.29. The molecule has 2 aliphatic rings. The van der Waals surface area contributed by atoms with E-state index >= 15 is 0 Å². The van der Waals surface area contributed by atoms with Gasteiger partial charge in [0.1, 0.15) is 0 Å². The summed E-state index contributed by atoms with van der Waals surface area (Å²) < 4.78 is 0. The monoisotopic (exact) mass is 300 g/mol. The van der Waals surface area contributed by atoms with E-state index in [1.807, 2.05) is 24.3 Å². The molecule has 0 aromatic heterocycles. The molecule has 2 fully saturated rings. The number of likely N-dealkylation sites (tertiary alicyclic amines) is 2. The smallest absolute Gasteiger partial charge is 0.229 e. The number of hydrogen-bond donors (Lipinski definition) is 0. The van der Waals surface area contributed by atoms with Crippen LogP contribution in [0.15, 0.2) is 24.3 Å². The van der Waals surface area contributed by atoms with Gasteiger partial charge in [0.15, 0.2) is 0 Å². The average molecular weight is 300 g/mol. The zero-order valence-corrected chi connectivity index (χ0v) is 12.1. The van der Waals surface area contributed by atoms with E-state index in [1.54, 1.807) is 0 Å². The van der Waals surface area contributed by atoms with E-state index in [1.165, 1.54) is 9.80 Å². The second-order valence-electron chi connectivity index (χ2n) is 5.56. The molecule has 0 unspecified atom stereocenters. The molecular weight excluding hydrogens is 284 g/mol. The summed E-state index contributed by atoms with van der Waals surface area (Å²) in [6.07, 6.45) is 1.15. The first-order valence-corrected chi connectivity index (χ1v) is 7.29.